The quantitative estimate of drug-likeness (QED) is 0.687. The fourth-order valence-electron chi connectivity index (χ4n) is 2.99. The van der Waals surface area contributed by atoms with Crippen LogP contribution >= 0.6 is 0 Å². The molecule has 3 rings (SSSR count). The fourth-order valence-corrected chi connectivity index (χ4v) is 2.99. The highest BCUT2D eigenvalue weighted by atomic mass is 16.5. The molecule has 0 radical (unpaired) electrons. The SMILES string of the molecule is Cc1nccc2c1c(=O)n(C)c1cc(OCC(O)COC(C)C)ccc21. The maximum Gasteiger partial charge on any atom is 0.260 e. The van der Waals surface area contributed by atoms with Crippen LogP contribution in [0.25, 0.3) is 21.7 Å². The van der Waals surface area contributed by atoms with Gasteiger partial charge < -0.3 is 19.1 Å². The zero-order valence-corrected chi connectivity index (χ0v) is 15.5. The number of ether oxygens (including phenoxy) is 2. The van der Waals surface area contributed by atoms with Crippen LogP contribution in [0.15, 0.2) is 35.3 Å². The number of aryl methyl sites for hydroxylation is 2. The van der Waals surface area contributed by atoms with Crippen molar-refractivity contribution in [3.05, 3.63) is 46.5 Å². The standard InChI is InChI=1S/C20H24N2O4/c1-12(2)25-10-14(23)11-26-15-5-6-16-17-7-8-21-13(3)19(17)20(24)22(4)18(16)9-15/h5-9,12,14,23H,10-11H2,1-4H3. The van der Waals surface area contributed by atoms with Crippen molar-refractivity contribution in [1.29, 1.82) is 0 Å². The van der Waals surface area contributed by atoms with Crippen LogP contribution in [0.4, 0.5) is 0 Å². The summed E-state index contributed by atoms with van der Waals surface area (Å²) in [5, 5.41) is 12.4. The first-order valence-electron chi connectivity index (χ1n) is 8.69. The van der Waals surface area contributed by atoms with E-state index in [2.05, 4.69) is 4.98 Å². The maximum atomic E-state index is 12.7. The number of rotatable bonds is 6. The molecule has 6 nitrogen and oxygen atoms in total. The molecule has 1 aromatic carbocycles. The molecule has 0 saturated heterocycles. The summed E-state index contributed by atoms with van der Waals surface area (Å²) >= 11 is 0. The minimum absolute atomic E-state index is 0.0612. The molecule has 3 aromatic rings. The smallest absolute Gasteiger partial charge is 0.260 e. The van der Waals surface area contributed by atoms with Crippen molar-refractivity contribution >= 4 is 21.7 Å². The zero-order chi connectivity index (χ0) is 18.8. The van der Waals surface area contributed by atoms with Crippen molar-refractivity contribution < 1.29 is 14.6 Å². The lowest BCUT2D eigenvalue weighted by molar-refractivity contribution is -0.0122. The summed E-state index contributed by atoms with van der Waals surface area (Å²) in [4.78, 5) is 16.9. The average molecular weight is 356 g/mol. The molecule has 0 saturated carbocycles. The molecule has 2 heterocycles. The van der Waals surface area contributed by atoms with Crippen LogP contribution in [0.1, 0.15) is 19.5 Å². The van der Waals surface area contributed by atoms with Gasteiger partial charge in [-0.05, 0) is 44.4 Å². The van der Waals surface area contributed by atoms with E-state index in [1.165, 1.54) is 0 Å². The molecule has 2 aromatic heterocycles. The summed E-state index contributed by atoms with van der Waals surface area (Å²) in [5.41, 5.74) is 1.41. The molecule has 0 aliphatic carbocycles. The highest BCUT2D eigenvalue weighted by Crippen LogP contribution is 2.26. The van der Waals surface area contributed by atoms with E-state index in [4.69, 9.17) is 9.47 Å². The fraction of sp³-hybridized carbons (Fsp3) is 0.400. The predicted molar refractivity (Wildman–Crippen MR) is 102 cm³/mol. The number of nitrogens with zero attached hydrogens (tertiary/aromatic N) is 2. The summed E-state index contributed by atoms with van der Waals surface area (Å²) in [5.74, 6) is 0.598. The normalized spacial score (nSPS) is 12.8. The molecule has 6 heteroatoms. The number of benzene rings is 1. The molecular weight excluding hydrogens is 332 g/mol. The van der Waals surface area contributed by atoms with Crippen molar-refractivity contribution in [2.24, 2.45) is 7.05 Å². The van der Waals surface area contributed by atoms with Gasteiger partial charge in [-0.1, -0.05) is 0 Å². The van der Waals surface area contributed by atoms with E-state index >= 15 is 0 Å². The number of fused-ring (bicyclic) bond motifs is 3. The molecule has 0 spiro atoms. The van der Waals surface area contributed by atoms with Crippen LogP contribution < -0.4 is 10.3 Å². The highest BCUT2D eigenvalue weighted by molar-refractivity contribution is 6.06. The zero-order valence-electron chi connectivity index (χ0n) is 15.5. The number of aliphatic hydroxyl groups excluding tert-OH is 1. The summed E-state index contributed by atoms with van der Waals surface area (Å²) in [6.45, 7) is 6.02. The first kappa shape index (κ1) is 18.4. The third-order valence-electron chi connectivity index (χ3n) is 4.34. The van der Waals surface area contributed by atoms with Crippen LogP contribution in [0.2, 0.25) is 0 Å². The summed E-state index contributed by atoms with van der Waals surface area (Å²) < 4.78 is 12.7. The van der Waals surface area contributed by atoms with Gasteiger partial charge in [0.05, 0.1) is 29.3 Å². The van der Waals surface area contributed by atoms with Gasteiger partial charge in [0, 0.05) is 24.7 Å². The monoisotopic (exact) mass is 356 g/mol. The Bertz CT molecular complexity index is 994. The second-order valence-electron chi connectivity index (χ2n) is 6.71. The van der Waals surface area contributed by atoms with Crippen molar-refractivity contribution in [3.8, 4) is 5.75 Å². The first-order chi connectivity index (χ1) is 12.4. The van der Waals surface area contributed by atoms with E-state index in [9.17, 15) is 9.90 Å². The van der Waals surface area contributed by atoms with Crippen LogP contribution in [0, 0.1) is 6.92 Å². The summed E-state index contributed by atoms with van der Waals surface area (Å²) in [6.07, 6.45) is 1.07. The summed E-state index contributed by atoms with van der Waals surface area (Å²) in [7, 11) is 1.74. The lowest BCUT2D eigenvalue weighted by atomic mass is 10.1. The maximum absolute atomic E-state index is 12.7. The van der Waals surface area contributed by atoms with Gasteiger partial charge in [0.15, 0.2) is 0 Å². The average Bonchev–Trinajstić information content (AvgIpc) is 2.62. The Labute approximate surface area is 152 Å². The number of hydrogen-bond acceptors (Lipinski definition) is 5. The van der Waals surface area contributed by atoms with E-state index in [1.807, 2.05) is 45.0 Å². The molecule has 1 N–H and O–H groups in total. The van der Waals surface area contributed by atoms with Crippen LogP contribution in [0.3, 0.4) is 0 Å². The van der Waals surface area contributed by atoms with Gasteiger partial charge in [-0.25, -0.2) is 0 Å². The van der Waals surface area contributed by atoms with Gasteiger partial charge in [-0.3, -0.25) is 9.78 Å². The van der Waals surface area contributed by atoms with Gasteiger partial charge >= 0.3 is 0 Å². The Hall–Kier alpha value is -2.44. The summed E-state index contributed by atoms with van der Waals surface area (Å²) in [6, 6.07) is 7.46. The van der Waals surface area contributed by atoms with Crippen molar-refractivity contribution in [3.63, 3.8) is 0 Å². The third-order valence-corrected chi connectivity index (χ3v) is 4.34. The molecular formula is C20H24N2O4. The molecule has 26 heavy (non-hydrogen) atoms. The van der Waals surface area contributed by atoms with Gasteiger partial charge in [0.2, 0.25) is 0 Å². The predicted octanol–water partition coefficient (Wildman–Crippen LogP) is 2.56. The number of hydrogen-bond donors (Lipinski definition) is 1. The second kappa shape index (κ2) is 7.43. The van der Waals surface area contributed by atoms with E-state index < -0.39 is 6.10 Å². The van der Waals surface area contributed by atoms with Crippen LogP contribution in [0.5, 0.6) is 5.75 Å². The molecule has 0 amide bonds. The van der Waals surface area contributed by atoms with Crippen LogP contribution in [-0.4, -0.2) is 40.1 Å². The Morgan fingerprint density at radius 1 is 1.19 bits per heavy atom. The van der Waals surface area contributed by atoms with Crippen molar-refractivity contribution in [1.82, 2.24) is 9.55 Å². The van der Waals surface area contributed by atoms with E-state index in [-0.39, 0.29) is 24.9 Å². The Balaban J connectivity index is 1.93. The first-order valence-corrected chi connectivity index (χ1v) is 8.69. The molecule has 0 bridgehead atoms. The van der Waals surface area contributed by atoms with Crippen LogP contribution in [-0.2, 0) is 11.8 Å². The van der Waals surface area contributed by atoms with Crippen molar-refractivity contribution in [2.45, 2.75) is 33.0 Å². The topological polar surface area (TPSA) is 73.6 Å². The highest BCUT2D eigenvalue weighted by Gasteiger charge is 2.13. The lowest BCUT2D eigenvalue weighted by Crippen LogP contribution is -2.25. The largest absolute Gasteiger partial charge is 0.491 e. The molecule has 1 atom stereocenters. The number of aromatic nitrogens is 2. The van der Waals surface area contributed by atoms with Crippen molar-refractivity contribution in [2.75, 3.05) is 13.2 Å². The molecule has 0 aliphatic heterocycles. The molecule has 0 aliphatic rings. The molecule has 0 fully saturated rings. The van der Waals surface area contributed by atoms with Gasteiger partial charge in [0.1, 0.15) is 18.5 Å². The van der Waals surface area contributed by atoms with Gasteiger partial charge in [0.25, 0.3) is 5.56 Å². The molecule has 1 unspecified atom stereocenters. The van der Waals surface area contributed by atoms with Gasteiger partial charge in [-0.2, -0.15) is 0 Å². The Morgan fingerprint density at radius 2 is 1.96 bits per heavy atom. The van der Waals surface area contributed by atoms with E-state index in [0.717, 1.165) is 22.0 Å². The lowest BCUT2D eigenvalue weighted by Gasteiger charge is -2.16. The number of pyridine rings is 2. The minimum atomic E-state index is -0.706. The Kier molecular flexibility index (Phi) is 5.25. The molecule has 138 valence electrons. The van der Waals surface area contributed by atoms with Gasteiger partial charge in [-0.15, -0.1) is 0 Å². The van der Waals surface area contributed by atoms with E-state index in [1.54, 1.807) is 17.8 Å². The third kappa shape index (κ3) is 3.57. The number of aliphatic hydroxyl groups is 1. The second-order valence-corrected chi connectivity index (χ2v) is 6.71. The van der Waals surface area contributed by atoms with E-state index in [0.29, 0.717) is 11.1 Å². The minimum Gasteiger partial charge on any atom is -0.491 e. The Morgan fingerprint density at radius 3 is 2.69 bits per heavy atom.